The van der Waals surface area contributed by atoms with Gasteiger partial charge in [-0.1, -0.05) is 38.1 Å². The first-order valence-electron chi connectivity index (χ1n) is 9.50. The van der Waals surface area contributed by atoms with Gasteiger partial charge in [-0.15, -0.1) is 0 Å². The fourth-order valence-corrected chi connectivity index (χ4v) is 3.75. The van der Waals surface area contributed by atoms with Crippen molar-refractivity contribution in [3.05, 3.63) is 53.7 Å². The molecule has 3 aromatic rings. The number of halogens is 1. The molecule has 1 aliphatic rings. The van der Waals surface area contributed by atoms with Crippen molar-refractivity contribution in [3.63, 3.8) is 0 Å². The fraction of sp³-hybridized carbons (Fsp3) is 0.364. The van der Waals surface area contributed by atoms with Crippen molar-refractivity contribution in [1.82, 2.24) is 9.97 Å². The number of ether oxygens (including phenoxy) is 1. The van der Waals surface area contributed by atoms with Crippen molar-refractivity contribution in [1.29, 1.82) is 0 Å². The van der Waals surface area contributed by atoms with E-state index in [2.05, 4.69) is 13.8 Å². The fourth-order valence-electron chi connectivity index (χ4n) is 3.75. The van der Waals surface area contributed by atoms with E-state index in [4.69, 9.17) is 20.4 Å². The number of hydrogen-bond donors (Lipinski definition) is 1. The Bertz CT molecular complexity index is 993. The van der Waals surface area contributed by atoms with Crippen molar-refractivity contribution in [2.24, 2.45) is 0 Å². The van der Waals surface area contributed by atoms with Crippen LogP contribution in [0.25, 0.3) is 22.0 Å². The Balaban J connectivity index is 0.00000150. The summed E-state index contributed by atoms with van der Waals surface area (Å²) in [5.41, 5.74) is 9.39. The molecule has 0 amide bonds. The van der Waals surface area contributed by atoms with Gasteiger partial charge in [0, 0.05) is 24.0 Å². The van der Waals surface area contributed by atoms with Gasteiger partial charge in [0.1, 0.15) is 11.6 Å². The molecule has 1 saturated heterocycles. The predicted octanol–water partition coefficient (Wildman–Crippen LogP) is 1.98. The Morgan fingerprint density at radius 1 is 1.18 bits per heavy atom. The molecule has 1 fully saturated rings. The van der Waals surface area contributed by atoms with Crippen LogP contribution < -0.4 is 35.3 Å². The summed E-state index contributed by atoms with van der Waals surface area (Å²) in [6, 6.07) is 10.7. The maximum atomic E-state index is 14.3. The second kappa shape index (κ2) is 8.87. The normalized spacial score (nSPS) is 16.5. The summed E-state index contributed by atoms with van der Waals surface area (Å²) in [7, 11) is 0. The first kappa shape index (κ1) is 21.2. The van der Waals surface area contributed by atoms with Crippen LogP contribution in [0.1, 0.15) is 45.6 Å². The minimum absolute atomic E-state index is 0. The summed E-state index contributed by atoms with van der Waals surface area (Å²) >= 11 is 0. The third kappa shape index (κ3) is 4.08. The van der Waals surface area contributed by atoms with Crippen LogP contribution in [-0.4, -0.2) is 22.7 Å². The van der Waals surface area contributed by atoms with E-state index in [-0.39, 0.29) is 48.8 Å². The molecule has 2 heterocycles. The average Bonchev–Trinajstić information content (AvgIpc) is 3.17. The van der Waals surface area contributed by atoms with Crippen molar-refractivity contribution in [2.45, 2.75) is 45.1 Å². The number of nitrogens with two attached hydrogens (primary N) is 1. The van der Waals surface area contributed by atoms with Crippen molar-refractivity contribution >= 4 is 16.5 Å². The second-order valence-electron chi connectivity index (χ2n) is 7.42. The molecule has 2 N–H and O–H groups in total. The summed E-state index contributed by atoms with van der Waals surface area (Å²) in [5, 5.41) is 1.38. The van der Waals surface area contributed by atoms with Gasteiger partial charge >= 0.3 is 29.6 Å². The van der Waals surface area contributed by atoms with E-state index in [0.29, 0.717) is 23.2 Å². The molecule has 1 aliphatic heterocycles. The molecule has 0 radical (unpaired) electrons. The molecule has 0 spiro atoms. The van der Waals surface area contributed by atoms with Crippen LogP contribution >= 0.6 is 0 Å². The van der Waals surface area contributed by atoms with Gasteiger partial charge < -0.3 is 11.9 Å². The van der Waals surface area contributed by atoms with E-state index in [1.54, 1.807) is 12.1 Å². The largest absolute Gasteiger partial charge is 1.00 e. The van der Waals surface area contributed by atoms with E-state index in [0.717, 1.165) is 41.9 Å². The summed E-state index contributed by atoms with van der Waals surface area (Å²) in [6.45, 7) is 4.94. The third-order valence-corrected chi connectivity index (χ3v) is 5.13. The zero-order valence-corrected chi connectivity index (χ0v) is 18.7. The minimum Gasteiger partial charge on any atom is -1.00 e. The van der Waals surface area contributed by atoms with Crippen LogP contribution in [-0.2, 0) is 11.2 Å². The smallest absolute Gasteiger partial charge is 1.00 e. The molecule has 0 saturated carbocycles. The number of nitrogens with zero attached hydrogens (tertiary/aromatic N) is 2. The molecule has 0 aliphatic carbocycles. The summed E-state index contributed by atoms with van der Waals surface area (Å²) in [4.78, 5) is 9.52. The first-order chi connectivity index (χ1) is 13.0. The third-order valence-electron chi connectivity index (χ3n) is 5.13. The number of aromatic nitrogens is 2. The van der Waals surface area contributed by atoms with Crippen LogP contribution in [0.2, 0.25) is 0 Å². The van der Waals surface area contributed by atoms with Crippen LogP contribution in [0.4, 0.5) is 10.1 Å². The van der Waals surface area contributed by atoms with Gasteiger partial charge in [0.05, 0.1) is 23.2 Å². The molecular formula is C22H25FN3NaO. The molecular weight excluding hydrogens is 364 g/mol. The second-order valence-corrected chi connectivity index (χ2v) is 7.42. The van der Waals surface area contributed by atoms with Crippen molar-refractivity contribution in [2.75, 3.05) is 12.3 Å². The molecule has 1 aromatic heterocycles. The van der Waals surface area contributed by atoms with Gasteiger partial charge in [0.25, 0.3) is 0 Å². The minimum atomic E-state index is -0.245. The van der Waals surface area contributed by atoms with Gasteiger partial charge in [-0.3, -0.25) is 0 Å². The monoisotopic (exact) mass is 389 g/mol. The van der Waals surface area contributed by atoms with E-state index >= 15 is 0 Å². The van der Waals surface area contributed by atoms with E-state index in [1.807, 2.05) is 18.2 Å². The number of rotatable bonds is 4. The Morgan fingerprint density at radius 3 is 2.61 bits per heavy atom. The average molecular weight is 389 g/mol. The molecule has 1 unspecified atom stereocenters. The Morgan fingerprint density at radius 2 is 1.93 bits per heavy atom. The van der Waals surface area contributed by atoms with Gasteiger partial charge in [-0.25, -0.2) is 14.4 Å². The van der Waals surface area contributed by atoms with Gasteiger partial charge in [-0.05, 0) is 36.3 Å². The molecule has 4 rings (SSSR count). The molecule has 28 heavy (non-hydrogen) atoms. The molecule has 4 nitrogen and oxygen atoms in total. The standard InChI is InChI=1S/C22H24FN3O.Na.H/c1-13(2)21-20(24)22(26-19(25-21)12-14-6-5-11-27-14)17-9-10-18(23)16-8-4-3-7-15(16)17;;/h3-4,7-10,13-14H,5-6,11-12,24H2,1-2H3;;/q;+1;-1. The Labute approximate surface area is 188 Å². The zero-order valence-electron chi connectivity index (χ0n) is 17.7. The van der Waals surface area contributed by atoms with Gasteiger partial charge in [-0.2, -0.15) is 0 Å². The number of nitrogen functional groups attached to an aromatic ring is 1. The number of anilines is 1. The summed E-state index contributed by atoms with van der Waals surface area (Å²) in [6.07, 6.45) is 2.93. The van der Waals surface area contributed by atoms with Crippen LogP contribution in [0.3, 0.4) is 0 Å². The summed E-state index contributed by atoms with van der Waals surface area (Å²) in [5.74, 6) is 0.663. The van der Waals surface area contributed by atoms with Crippen LogP contribution in [0, 0.1) is 5.82 Å². The molecule has 0 bridgehead atoms. The molecule has 6 heteroatoms. The Hall–Kier alpha value is -1.53. The first-order valence-corrected chi connectivity index (χ1v) is 9.50. The van der Waals surface area contributed by atoms with Crippen LogP contribution in [0.5, 0.6) is 0 Å². The number of fused-ring (bicyclic) bond motifs is 1. The molecule has 142 valence electrons. The van der Waals surface area contributed by atoms with Crippen LogP contribution in [0.15, 0.2) is 36.4 Å². The topological polar surface area (TPSA) is 61.0 Å². The van der Waals surface area contributed by atoms with Crippen molar-refractivity contribution < 1.29 is 40.1 Å². The number of hydrogen-bond acceptors (Lipinski definition) is 4. The summed E-state index contributed by atoms with van der Waals surface area (Å²) < 4.78 is 20.0. The van der Waals surface area contributed by atoms with Crippen molar-refractivity contribution in [3.8, 4) is 11.3 Å². The van der Waals surface area contributed by atoms with Gasteiger partial charge in [0.2, 0.25) is 0 Å². The quantitative estimate of drug-likeness (QED) is 0.694. The predicted molar refractivity (Wildman–Crippen MR) is 107 cm³/mol. The molecule has 1 atom stereocenters. The van der Waals surface area contributed by atoms with E-state index in [9.17, 15) is 4.39 Å². The van der Waals surface area contributed by atoms with E-state index < -0.39 is 0 Å². The maximum Gasteiger partial charge on any atom is 1.00 e. The Kier molecular flexibility index (Phi) is 6.71. The maximum absolute atomic E-state index is 14.3. The SMILES string of the molecule is CC(C)c1nc(CC2CCCO2)nc(-c2ccc(F)c3ccccc23)c1N.[H-].[Na+]. The molecule has 2 aromatic carbocycles. The van der Waals surface area contributed by atoms with Gasteiger partial charge in [0.15, 0.2) is 0 Å². The van der Waals surface area contributed by atoms with E-state index in [1.165, 1.54) is 6.07 Å². The number of benzene rings is 2. The zero-order chi connectivity index (χ0) is 19.0.